The second-order valence-corrected chi connectivity index (χ2v) is 3.34. The third-order valence-corrected chi connectivity index (χ3v) is 2.15. The molecule has 1 unspecified atom stereocenters. The molecule has 0 aliphatic carbocycles. The summed E-state index contributed by atoms with van der Waals surface area (Å²) in [7, 11) is 1.59. The Hall–Kier alpha value is -1.13. The third-order valence-electron chi connectivity index (χ3n) is 2.15. The zero-order valence-electron chi connectivity index (χ0n) is 9.23. The normalized spacial score (nSPS) is 12.5. The maximum absolute atomic E-state index is 9.88. The van der Waals surface area contributed by atoms with Crippen LogP contribution in [0.25, 0.3) is 0 Å². The standard InChI is InChI=1S/C11H18N2O2/c1-3-5-12-8-10(14)9-7-13-6-4-11(9)15-2/h4,6-7,10,12,14H,3,5,8H2,1-2H3. The van der Waals surface area contributed by atoms with Crippen LogP contribution in [0.3, 0.4) is 0 Å². The van der Waals surface area contributed by atoms with Gasteiger partial charge in [-0.1, -0.05) is 6.92 Å². The number of rotatable bonds is 6. The van der Waals surface area contributed by atoms with Gasteiger partial charge in [0, 0.05) is 24.5 Å². The summed E-state index contributed by atoms with van der Waals surface area (Å²) in [5, 5.41) is 13.0. The van der Waals surface area contributed by atoms with Crippen LogP contribution < -0.4 is 10.1 Å². The van der Waals surface area contributed by atoms with Crippen molar-refractivity contribution in [1.82, 2.24) is 10.3 Å². The van der Waals surface area contributed by atoms with Crippen molar-refractivity contribution in [1.29, 1.82) is 0 Å². The molecule has 0 spiro atoms. The first kappa shape index (κ1) is 11.9. The van der Waals surface area contributed by atoms with Gasteiger partial charge in [-0.25, -0.2) is 0 Å². The number of aliphatic hydroxyl groups is 1. The molecule has 15 heavy (non-hydrogen) atoms. The predicted molar refractivity (Wildman–Crippen MR) is 58.9 cm³/mol. The van der Waals surface area contributed by atoms with E-state index in [1.165, 1.54) is 0 Å². The van der Waals surface area contributed by atoms with Gasteiger partial charge in [0.25, 0.3) is 0 Å². The lowest BCUT2D eigenvalue weighted by atomic mass is 10.1. The van der Waals surface area contributed by atoms with Crippen molar-refractivity contribution < 1.29 is 9.84 Å². The van der Waals surface area contributed by atoms with Crippen LogP contribution >= 0.6 is 0 Å². The molecule has 4 heteroatoms. The minimum atomic E-state index is -0.569. The number of ether oxygens (including phenoxy) is 1. The summed E-state index contributed by atoms with van der Waals surface area (Å²) in [6, 6.07) is 1.75. The van der Waals surface area contributed by atoms with Crippen molar-refractivity contribution in [3.63, 3.8) is 0 Å². The van der Waals surface area contributed by atoms with Crippen molar-refractivity contribution in [3.8, 4) is 5.75 Å². The smallest absolute Gasteiger partial charge is 0.127 e. The first-order valence-electron chi connectivity index (χ1n) is 5.16. The predicted octanol–water partition coefficient (Wildman–Crippen LogP) is 1.12. The van der Waals surface area contributed by atoms with Gasteiger partial charge in [-0.05, 0) is 19.0 Å². The highest BCUT2D eigenvalue weighted by Gasteiger charge is 2.12. The zero-order chi connectivity index (χ0) is 11.1. The number of hydrogen-bond acceptors (Lipinski definition) is 4. The summed E-state index contributed by atoms with van der Waals surface area (Å²) in [5.41, 5.74) is 0.726. The largest absolute Gasteiger partial charge is 0.496 e. The lowest BCUT2D eigenvalue weighted by molar-refractivity contribution is 0.170. The molecule has 0 radical (unpaired) electrons. The summed E-state index contributed by atoms with van der Waals surface area (Å²) in [6.07, 6.45) is 3.77. The molecular weight excluding hydrogens is 192 g/mol. The van der Waals surface area contributed by atoms with Gasteiger partial charge >= 0.3 is 0 Å². The highest BCUT2D eigenvalue weighted by molar-refractivity contribution is 5.32. The maximum atomic E-state index is 9.88. The van der Waals surface area contributed by atoms with E-state index in [1.54, 1.807) is 25.6 Å². The molecule has 0 fully saturated rings. The molecule has 1 aromatic heterocycles. The number of aliphatic hydroxyl groups excluding tert-OH is 1. The molecule has 1 rings (SSSR count). The topological polar surface area (TPSA) is 54.4 Å². The molecule has 0 saturated carbocycles. The van der Waals surface area contributed by atoms with Crippen LogP contribution in [-0.4, -0.2) is 30.3 Å². The number of methoxy groups -OCH3 is 1. The fourth-order valence-electron chi connectivity index (χ4n) is 1.36. The Labute approximate surface area is 90.3 Å². The van der Waals surface area contributed by atoms with Gasteiger partial charge in [0.1, 0.15) is 5.75 Å². The van der Waals surface area contributed by atoms with Crippen molar-refractivity contribution in [2.24, 2.45) is 0 Å². The molecule has 0 aromatic carbocycles. The van der Waals surface area contributed by atoms with Crippen molar-refractivity contribution in [2.75, 3.05) is 20.2 Å². The molecule has 0 aliphatic rings. The molecule has 0 aliphatic heterocycles. The second kappa shape index (κ2) is 6.37. The molecular formula is C11H18N2O2. The van der Waals surface area contributed by atoms with Gasteiger partial charge in [0.2, 0.25) is 0 Å². The number of nitrogens with zero attached hydrogens (tertiary/aromatic N) is 1. The number of nitrogens with one attached hydrogen (secondary N) is 1. The molecule has 1 aromatic rings. The number of aromatic nitrogens is 1. The third kappa shape index (κ3) is 3.49. The van der Waals surface area contributed by atoms with Crippen LogP contribution in [0.2, 0.25) is 0 Å². The molecule has 0 amide bonds. The van der Waals surface area contributed by atoms with Gasteiger partial charge in [0.05, 0.1) is 13.2 Å². The summed E-state index contributed by atoms with van der Waals surface area (Å²) in [6.45, 7) is 3.51. The van der Waals surface area contributed by atoms with Crippen molar-refractivity contribution in [3.05, 3.63) is 24.0 Å². The maximum Gasteiger partial charge on any atom is 0.127 e. The fraction of sp³-hybridized carbons (Fsp3) is 0.545. The Morgan fingerprint density at radius 2 is 2.40 bits per heavy atom. The van der Waals surface area contributed by atoms with Gasteiger partial charge in [0.15, 0.2) is 0 Å². The summed E-state index contributed by atoms with van der Waals surface area (Å²) < 4.78 is 5.14. The Bertz CT molecular complexity index is 292. The molecule has 1 heterocycles. The quantitative estimate of drug-likeness (QED) is 0.691. The molecule has 4 nitrogen and oxygen atoms in total. The van der Waals surface area contributed by atoms with E-state index in [2.05, 4.69) is 17.2 Å². The summed E-state index contributed by atoms with van der Waals surface area (Å²) >= 11 is 0. The molecule has 1 atom stereocenters. The van der Waals surface area contributed by atoms with E-state index in [1.807, 2.05) is 0 Å². The average molecular weight is 210 g/mol. The van der Waals surface area contributed by atoms with E-state index in [9.17, 15) is 5.11 Å². The molecule has 84 valence electrons. The van der Waals surface area contributed by atoms with E-state index < -0.39 is 6.10 Å². The van der Waals surface area contributed by atoms with E-state index in [0.29, 0.717) is 12.3 Å². The summed E-state index contributed by atoms with van der Waals surface area (Å²) in [4.78, 5) is 3.97. The van der Waals surface area contributed by atoms with E-state index >= 15 is 0 Å². The Balaban J connectivity index is 2.59. The van der Waals surface area contributed by atoms with Crippen LogP contribution in [-0.2, 0) is 0 Å². The van der Waals surface area contributed by atoms with E-state index in [-0.39, 0.29) is 0 Å². The van der Waals surface area contributed by atoms with Crippen molar-refractivity contribution >= 4 is 0 Å². The monoisotopic (exact) mass is 210 g/mol. The lowest BCUT2D eigenvalue weighted by Gasteiger charge is -2.14. The van der Waals surface area contributed by atoms with Crippen molar-refractivity contribution in [2.45, 2.75) is 19.4 Å². The fourth-order valence-corrected chi connectivity index (χ4v) is 1.36. The number of hydrogen-bond donors (Lipinski definition) is 2. The van der Waals surface area contributed by atoms with E-state index in [0.717, 1.165) is 18.5 Å². The van der Waals surface area contributed by atoms with E-state index in [4.69, 9.17) is 4.74 Å². The highest BCUT2D eigenvalue weighted by Crippen LogP contribution is 2.22. The molecule has 0 bridgehead atoms. The Morgan fingerprint density at radius 3 is 3.07 bits per heavy atom. The minimum absolute atomic E-state index is 0.524. The van der Waals surface area contributed by atoms with Crippen LogP contribution in [0, 0.1) is 0 Å². The first-order valence-corrected chi connectivity index (χ1v) is 5.16. The molecule has 0 saturated heterocycles. The van der Waals surface area contributed by atoms with Crippen LogP contribution in [0.1, 0.15) is 25.0 Å². The minimum Gasteiger partial charge on any atom is -0.496 e. The molecule has 2 N–H and O–H groups in total. The first-order chi connectivity index (χ1) is 7.29. The number of pyridine rings is 1. The van der Waals surface area contributed by atoms with Crippen LogP contribution in [0.5, 0.6) is 5.75 Å². The highest BCUT2D eigenvalue weighted by atomic mass is 16.5. The van der Waals surface area contributed by atoms with Gasteiger partial charge in [-0.3, -0.25) is 4.98 Å². The zero-order valence-corrected chi connectivity index (χ0v) is 9.23. The average Bonchev–Trinajstić information content (AvgIpc) is 2.29. The van der Waals surface area contributed by atoms with Gasteiger partial charge < -0.3 is 15.2 Å². The van der Waals surface area contributed by atoms with Crippen LogP contribution in [0.15, 0.2) is 18.5 Å². The van der Waals surface area contributed by atoms with Gasteiger partial charge in [-0.2, -0.15) is 0 Å². The lowest BCUT2D eigenvalue weighted by Crippen LogP contribution is -2.22. The van der Waals surface area contributed by atoms with Crippen LogP contribution in [0.4, 0.5) is 0 Å². The summed E-state index contributed by atoms with van der Waals surface area (Å²) in [5.74, 6) is 0.677. The second-order valence-electron chi connectivity index (χ2n) is 3.34. The SMILES string of the molecule is CCCNCC(O)c1cnccc1OC. The Morgan fingerprint density at radius 1 is 1.60 bits per heavy atom. The van der Waals surface area contributed by atoms with Gasteiger partial charge in [-0.15, -0.1) is 0 Å². The Kier molecular flexibility index (Phi) is 5.07.